The third kappa shape index (κ3) is 5.80. The molecule has 1 fully saturated rings. The van der Waals surface area contributed by atoms with Gasteiger partial charge in [-0.05, 0) is 60.9 Å². The van der Waals surface area contributed by atoms with Gasteiger partial charge in [0, 0.05) is 42.5 Å². The smallest absolute Gasteiger partial charge is 0.253 e. The van der Waals surface area contributed by atoms with Crippen molar-refractivity contribution in [3.8, 4) is 0 Å². The summed E-state index contributed by atoms with van der Waals surface area (Å²) in [5.74, 6) is -0.0167. The molecule has 1 aliphatic rings. The molecule has 0 spiro atoms. The van der Waals surface area contributed by atoms with Crippen molar-refractivity contribution in [3.63, 3.8) is 0 Å². The molecule has 0 aliphatic carbocycles. The highest BCUT2D eigenvalue weighted by molar-refractivity contribution is 7.92. The summed E-state index contributed by atoms with van der Waals surface area (Å²) in [6.45, 7) is 6.76. The second-order valence-corrected chi connectivity index (χ2v) is 11.3. The number of sulfonamides is 1. The minimum atomic E-state index is -3.49. The quantitative estimate of drug-likeness (QED) is 0.473. The first-order valence-corrected chi connectivity index (χ1v) is 13.8. The average molecular weight is 512 g/mol. The van der Waals surface area contributed by atoms with Crippen molar-refractivity contribution in [1.82, 2.24) is 4.90 Å². The number of amides is 1. The molecule has 3 aromatic carbocycles. The van der Waals surface area contributed by atoms with Crippen molar-refractivity contribution >= 4 is 38.9 Å². The largest absolute Gasteiger partial charge is 0.368 e. The molecule has 3 aromatic rings. The minimum Gasteiger partial charge on any atom is -0.368 e. The fraction of sp³-hybridized carbons (Fsp3) is 0.296. The summed E-state index contributed by atoms with van der Waals surface area (Å²) in [5.41, 5.74) is 4.99. The van der Waals surface area contributed by atoms with E-state index in [1.807, 2.05) is 73.3 Å². The van der Waals surface area contributed by atoms with E-state index in [4.69, 9.17) is 11.6 Å². The first-order chi connectivity index (χ1) is 16.6. The zero-order chi connectivity index (χ0) is 25.2. The maximum Gasteiger partial charge on any atom is 0.253 e. The third-order valence-corrected chi connectivity index (χ3v) is 7.70. The van der Waals surface area contributed by atoms with Crippen LogP contribution in [0, 0.1) is 13.8 Å². The monoisotopic (exact) mass is 511 g/mol. The van der Waals surface area contributed by atoms with E-state index in [0.717, 1.165) is 35.5 Å². The predicted octanol–water partition coefficient (Wildman–Crippen LogP) is 4.89. The number of hydrogen-bond donors (Lipinski definition) is 0. The number of benzene rings is 3. The lowest BCUT2D eigenvalue weighted by Crippen LogP contribution is -2.48. The first-order valence-electron chi connectivity index (χ1n) is 11.6. The van der Waals surface area contributed by atoms with Gasteiger partial charge < -0.3 is 9.80 Å². The van der Waals surface area contributed by atoms with E-state index in [0.29, 0.717) is 29.4 Å². The average Bonchev–Trinajstić information content (AvgIpc) is 2.83. The van der Waals surface area contributed by atoms with Crippen molar-refractivity contribution < 1.29 is 13.2 Å². The van der Waals surface area contributed by atoms with E-state index in [1.54, 1.807) is 12.1 Å². The summed E-state index contributed by atoms with van der Waals surface area (Å²) in [5, 5.41) is 0.702. The number of aryl methyl sites for hydroxylation is 2. The maximum atomic E-state index is 13.1. The van der Waals surface area contributed by atoms with Crippen LogP contribution in [0.15, 0.2) is 66.7 Å². The number of halogens is 1. The van der Waals surface area contributed by atoms with Gasteiger partial charge in [-0.1, -0.05) is 48.0 Å². The molecule has 1 saturated heterocycles. The van der Waals surface area contributed by atoms with Crippen LogP contribution in [0.3, 0.4) is 0 Å². The zero-order valence-corrected chi connectivity index (χ0v) is 21.8. The zero-order valence-electron chi connectivity index (χ0n) is 20.2. The molecule has 4 rings (SSSR count). The van der Waals surface area contributed by atoms with E-state index < -0.39 is 10.0 Å². The molecule has 0 radical (unpaired) electrons. The fourth-order valence-electron chi connectivity index (χ4n) is 4.50. The fourth-order valence-corrected chi connectivity index (χ4v) is 5.69. The Labute approximate surface area is 212 Å². The Balaban J connectivity index is 1.44. The summed E-state index contributed by atoms with van der Waals surface area (Å²) in [4.78, 5) is 17.2. The van der Waals surface area contributed by atoms with Crippen LogP contribution >= 0.6 is 11.6 Å². The molecular formula is C27H30ClN3O3S. The molecule has 0 atom stereocenters. The Morgan fingerprint density at radius 1 is 0.914 bits per heavy atom. The molecule has 1 amide bonds. The van der Waals surface area contributed by atoms with Gasteiger partial charge in [-0.2, -0.15) is 0 Å². The normalized spacial score (nSPS) is 14.2. The van der Waals surface area contributed by atoms with E-state index in [-0.39, 0.29) is 12.5 Å². The summed E-state index contributed by atoms with van der Waals surface area (Å²) in [7, 11) is -3.49. The van der Waals surface area contributed by atoms with Crippen LogP contribution < -0.4 is 9.21 Å². The first kappa shape index (κ1) is 25.1. The number of anilines is 2. The molecular weight excluding hydrogens is 482 g/mol. The van der Waals surface area contributed by atoms with Gasteiger partial charge in [0.1, 0.15) is 0 Å². The highest BCUT2D eigenvalue weighted by atomic mass is 35.5. The molecule has 0 N–H and O–H groups in total. The topological polar surface area (TPSA) is 60.9 Å². The predicted molar refractivity (Wildman–Crippen MR) is 143 cm³/mol. The van der Waals surface area contributed by atoms with Crippen LogP contribution in [0.2, 0.25) is 5.02 Å². The molecule has 1 aliphatic heterocycles. The van der Waals surface area contributed by atoms with Crippen molar-refractivity contribution in [2.45, 2.75) is 20.4 Å². The van der Waals surface area contributed by atoms with Crippen molar-refractivity contribution in [2.75, 3.05) is 41.6 Å². The lowest BCUT2D eigenvalue weighted by molar-refractivity contribution is 0.0746. The Hall–Kier alpha value is -3.03. The van der Waals surface area contributed by atoms with Gasteiger partial charge in [0.2, 0.25) is 10.0 Å². The maximum absolute atomic E-state index is 13.1. The molecule has 1 heterocycles. The lowest BCUT2D eigenvalue weighted by atomic mass is 10.1. The van der Waals surface area contributed by atoms with Gasteiger partial charge in [0.25, 0.3) is 5.91 Å². The number of carbonyl (C=O) groups excluding carboxylic acids is 1. The molecule has 0 aromatic heterocycles. The Morgan fingerprint density at radius 3 is 2.09 bits per heavy atom. The van der Waals surface area contributed by atoms with Gasteiger partial charge in [0.05, 0.1) is 18.5 Å². The number of piperazine rings is 1. The molecule has 0 saturated carbocycles. The van der Waals surface area contributed by atoms with Crippen LogP contribution in [-0.2, 0) is 16.6 Å². The highest BCUT2D eigenvalue weighted by Gasteiger charge is 2.24. The molecule has 0 unspecified atom stereocenters. The summed E-state index contributed by atoms with van der Waals surface area (Å²) >= 11 is 6.11. The number of hydrogen-bond acceptors (Lipinski definition) is 4. The minimum absolute atomic E-state index is 0.0167. The van der Waals surface area contributed by atoms with Crippen molar-refractivity contribution in [3.05, 3.63) is 94.0 Å². The number of carbonyl (C=O) groups is 1. The summed E-state index contributed by atoms with van der Waals surface area (Å²) in [6.07, 6.45) is 1.22. The molecule has 0 bridgehead atoms. The molecule has 35 heavy (non-hydrogen) atoms. The number of nitrogens with zero attached hydrogens (tertiary/aromatic N) is 3. The van der Waals surface area contributed by atoms with Gasteiger partial charge in [-0.25, -0.2) is 8.42 Å². The van der Waals surface area contributed by atoms with E-state index in [1.165, 1.54) is 10.6 Å². The van der Waals surface area contributed by atoms with Crippen LogP contribution in [0.1, 0.15) is 27.0 Å². The van der Waals surface area contributed by atoms with Crippen LogP contribution in [0.25, 0.3) is 0 Å². The Morgan fingerprint density at radius 2 is 1.51 bits per heavy atom. The molecule has 6 nitrogen and oxygen atoms in total. The second kappa shape index (κ2) is 10.3. The van der Waals surface area contributed by atoms with E-state index in [2.05, 4.69) is 4.90 Å². The Bertz CT molecular complexity index is 1300. The second-order valence-electron chi connectivity index (χ2n) is 8.97. The number of rotatable bonds is 6. The van der Waals surface area contributed by atoms with E-state index in [9.17, 15) is 13.2 Å². The van der Waals surface area contributed by atoms with Crippen LogP contribution in [0.5, 0.6) is 0 Å². The van der Waals surface area contributed by atoms with Crippen LogP contribution in [-0.4, -0.2) is 51.7 Å². The summed E-state index contributed by atoms with van der Waals surface area (Å²) in [6, 6.07) is 20.7. The standard InChI is InChI=1S/C27H30ClN3O3S/c1-20-6-4-7-21(2)26(20)31(35(3,33)34)19-22-10-12-23(13-11-22)27(32)30-16-14-29(15-17-30)25-9-5-8-24(28)18-25/h4-13,18H,14-17,19H2,1-3H3. The van der Waals surface area contributed by atoms with E-state index >= 15 is 0 Å². The molecule has 8 heteroatoms. The molecule has 184 valence electrons. The van der Waals surface area contributed by atoms with Gasteiger partial charge in [0.15, 0.2) is 0 Å². The SMILES string of the molecule is Cc1cccc(C)c1N(Cc1ccc(C(=O)N2CCN(c3cccc(Cl)c3)CC2)cc1)S(C)(=O)=O. The third-order valence-electron chi connectivity index (χ3n) is 6.36. The highest BCUT2D eigenvalue weighted by Crippen LogP contribution is 2.28. The van der Waals surface area contributed by atoms with Crippen molar-refractivity contribution in [1.29, 1.82) is 0 Å². The Kier molecular flexibility index (Phi) is 7.38. The lowest BCUT2D eigenvalue weighted by Gasteiger charge is -2.36. The van der Waals surface area contributed by atoms with Gasteiger partial charge in [-0.15, -0.1) is 0 Å². The van der Waals surface area contributed by atoms with Gasteiger partial charge in [-0.3, -0.25) is 9.10 Å². The number of para-hydroxylation sites is 1. The summed E-state index contributed by atoms with van der Waals surface area (Å²) < 4.78 is 26.7. The van der Waals surface area contributed by atoms with Crippen molar-refractivity contribution in [2.24, 2.45) is 0 Å². The van der Waals surface area contributed by atoms with Crippen LogP contribution in [0.4, 0.5) is 11.4 Å². The van der Waals surface area contributed by atoms with Gasteiger partial charge >= 0.3 is 0 Å².